The number of carbonyl (C=O) groups excluding carboxylic acids is 3. The number of nitrogens with zero attached hydrogens (tertiary/aromatic N) is 5. The number of hydrogen-bond donors (Lipinski definition) is 4. The van der Waals surface area contributed by atoms with E-state index in [4.69, 9.17) is 21.4 Å². The van der Waals surface area contributed by atoms with Crippen molar-refractivity contribution in [2.75, 3.05) is 31.6 Å². The molecule has 5 aromatic rings. The molecule has 0 spiro atoms. The molecule has 0 bridgehead atoms. The Labute approximate surface area is 406 Å². The highest BCUT2D eigenvalue weighted by atomic mass is 35.5. The number of imidazole rings is 1. The van der Waals surface area contributed by atoms with Crippen LogP contribution in [0.15, 0.2) is 76.5 Å². The lowest BCUT2D eigenvalue weighted by Crippen LogP contribution is -2.53. The number of imide groups is 1. The van der Waals surface area contributed by atoms with E-state index in [2.05, 4.69) is 15.6 Å². The second-order valence-corrected chi connectivity index (χ2v) is 21.7. The van der Waals surface area contributed by atoms with Gasteiger partial charge in [0.25, 0.3) is 0 Å². The zero-order valence-electron chi connectivity index (χ0n) is 38.1. The van der Waals surface area contributed by atoms with Gasteiger partial charge in [-0.3, -0.25) is 29.0 Å². The van der Waals surface area contributed by atoms with Gasteiger partial charge in [-0.05, 0) is 117 Å². The highest BCUT2D eigenvalue weighted by Gasteiger charge is 2.41. The van der Waals surface area contributed by atoms with Crippen molar-refractivity contribution >= 4 is 91.4 Å². The minimum Gasteiger partial charge on any atom is -0.479 e. The molecule has 4 N–H and O–H groups in total. The number of nitrogens with one attached hydrogen (secondary N) is 2. The van der Waals surface area contributed by atoms with Crippen LogP contribution in [0.4, 0.5) is 16.2 Å². The molecule has 3 fully saturated rings. The molecule has 2 unspecified atom stereocenters. The third kappa shape index (κ3) is 10.8. The van der Waals surface area contributed by atoms with Crippen LogP contribution in [0.2, 0.25) is 5.02 Å². The van der Waals surface area contributed by atoms with Crippen molar-refractivity contribution in [1.29, 1.82) is 0 Å². The first-order valence-corrected chi connectivity index (χ1v) is 25.3. The van der Waals surface area contributed by atoms with Crippen LogP contribution in [0, 0.1) is 11.8 Å². The number of fused-ring (bicyclic) bond motifs is 1. The van der Waals surface area contributed by atoms with E-state index < -0.39 is 46.1 Å². The highest BCUT2D eigenvalue weighted by Crippen LogP contribution is 2.46. The summed E-state index contributed by atoms with van der Waals surface area (Å²) in [7, 11) is -2.12. The highest BCUT2D eigenvalue weighted by molar-refractivity contribution is 7.88. The summed E-state index contributed by atoms with van der Waals surface area (Å²) in [6.45, 7) is 4.36. The fourth-order valence-corrected chi connectivity index (χ4v) is 13.0. The molecular weight excluding hydrogens is 950 g/mol. The second-order valence-electron chi connectivity index (χ2n) is 18.4. The van der Waals surface area contributed by atoms with Crippen LogP contribution in [0.25, 0.3) is 21.5 Å². The number of aromatic nitrogens is 2. The van der Waals surface area contributed by atoms with Gasteiger partial charge in [0.15, 0.2) is 17.2 Å². The maximum Gasteiger partial charge on any atom is 0.349 e. The Bertz CT molecular complexity index is 3060. The topological polar surface area (TPSA) is 239 Å². The Morgan fingerprint density at radius 2 is 1.71 bits per heavy atom. The number of carboxylic acids is 2. The predicted octanol–water partition coefficient (Wildman–Crippen LogP) is 7.07. The lowest BCUT2D eigenvalue weighted by atomic mass is 9.85. The third-order valence-electron chi connectivity index (χ3n) is 13.0. The van der Waals surface area contributed by atoms with Crippen molar-refractivity contribution in [3.05, 3.63) is 98.2 Å². The van der Waals surface area contributed by atoms with Crippen molar-refractivity contribution in [3.63, 3.8) is 0 Å². The predicted molar refractivity (Wildman–Crippen MR) is 261 cm³/mol. The van der Waals surface area contributed by atoms with Gasteiger partial charge in [-0.2, -0.15) is 4.31 Å². The van der Waals surface area contributed by atoms with Gasteiger partial charge in [0, 0.05) is 50.5 Å². The molecule has 2 atom stereocenters. The van der Waals surface area contributed by atoms with E-state index >= 15 is 0 Å². The molecule has 5 heterocycles. The monoisotopic (exact) mass is 1000 g/mol. The fourth-order valence-electron chi connectivity index (χ4n) is 9.65. The number of carboxylic acid groups (broad SMARTS) is 2. The first-order chi connectivity index (χ1) is 32.8. The van der Waals surface area contributed by atoms with Gasteiger partial charge >= 0.3 is 23.7 Å². The summed E-state index contributed by atoms with van der Waals surface area (Å²) in [5, 5.41) is 24.0. The maximum absolute atomic E-state index is 14.0. The lowest BCUT2D eigenvalue weighted by molar-refractivity contribution is -0.139. The van der Waals surface area contributed by atoms with E-state index in [1.54, 1.807) is 71.0 Å². The van der Waals surface area contributed by atoms with Crippen molar-refractivity contribution in [1.82, 2.24) is 23.7 Å². The average molecular weight is 1000 g/mol. The number of benzene rings is 3. The zero-order chi connectivity index (χ0) is 49.4. The number of hydrogen-bond acceptors (Lipinski definition) is 11. The average Bonchev–Trinajstić information content (AvgIpc) is 3.76. The number of aryl methyl sites for hydroxylation is 1. The summed E-state index contributed by atoms with van der Waals surface area (Å²) in [6, 6.07) is 18.6. The second kappa shape index (κ2) is 19.9. The van der Waals surface area contributed by atoms with E-state index in [1.807, 2.05) is 32.0 Å². The molecule has 3 saturated heterocycles. The number of urea groups is 1. The van der Waals surface area contributed by atoms with E-state index in [1.165, 1.54) is 9.13 Å². The molecule has 8 rings (SSSR count). The molecule has 0 aliphatic carbocycles. The molecular formula is C48H52ClN7O11S2. The summed E-state index contributed by atoms with van der Waals surface area (Å²) in [6.07, 6.45) is 5.55. The first-order valence-electron chi connectivity index (χ1n) is 22.5. The van der Waals surface area contributed by atoms with Crippen LogP contribution in [0.1, 0.15) is 79.2 Å². The van der Waals surface area contributed by atoms with Crippen molar-refractivity contribution < 1.29 is 47.3 Å². The lowest BCUT2D eigenvalue weighted by Gasteiger charge is -2.43. The van der Waals surface area contributed by atoms with Crippen LogP contribution in [-0.2, 0) is 43.6 Å². The maximum atomic E-state index is 14.0. The number of likely N-dealkylation sites (tertiary alicyclic amines) is 1. The Hall–Kier alpha value is -6.35. The molecule has 364 valence electrons. The molecule has 4 amide bonds. The van der Waals surface area contributed by atoms with Gasteiger partial charge in [-0.25, -0.2) is 27.6 Å². The number of thiophene rings is 1. The van der Waals surface area contributed by atoms with Crippen LogP contribution in [0.5, 0.6) is 5.75 Å². The van der Waals surface area contributed by atoms with Crippen molar-refractivity contribution in [2.45, 2.75) is 76.1 Å². The van der Waals surface area contributed by atoms with Crippen molar-refractivity contribution in [3.8, 4) is 16.2 Å². The standard InChI is InChI=1S/C48H52ClN7O11S2/c1-48(2)24-31(25-50-33-8-5-7-32(23-33)42-40(49)41(67-26-39(58)59)43(68-42)45(61)62)16-19-55(48)69(65,66)27-30-6-4-9-34(21-30)51-46(63)54-17-14-28(15-18-54)20-29-10-11-35-37(22-29)53(3)47(64)56(35)36-12-13-38(57)52-44(36)60/h4-11,21-23,25,28,31,36H,12-20,24,26-27H2,1-3H3,(H,51,63)(H,58,59)(H,61,62)(H,52,57,60). The largest absolute Gasteiger partial charge is 0.479 e. The Balaban J connectivity index is 0.837. The van der Waals surface area contributed by atoms with E-state index in [9.17, 15) is 42.3 Å². The molecule has 0 saturated carbocycles. The van der Waals surface area contributed by atoms with Gasteiger partial charge in [0.2, 0.25) is 21.8 Å². The SMILES string of the molecule is Cn1c(=O)n(C2CCC(=O)NC2=O)c2ccc(CC3CCN(C(=O)Nc4cccc(CS(=O)(=O)N5CCC(C=Nc6cccc(-c7sc(C(=O)O)c(OCC(=O)O)c7Cl)c6)CC5(C)C)c4)CC3)cc21. The third-order valence-corrected chi connectivity index (χ3v) is 16.7. The number of halogens is 1. The quantitative estimate of drug-likeness (QED) is 0.0648. The van der Waals surface area contributed by atoms with Crippen LogP contribution in [-0.4, -0.2) is 105 Å². The number of anilines is 1. The molecule has 18 nitrogen and oxygen atoms in total. The molecule has 3 aliphatic heterocycles. The summed E-state index contributed by atoms with van der Waals surface area (Å²) in [5.41, 5.74) is 3.49. The Morgan fingerprint density at radius 1 is 0.957 bits per heavy atom. The number of aliphatic imine (C=N–C) groups is 1. The van der Waals surface area contributed by atoms with Gasteiger partial charge < -0.3 is 25.2 Å². The minimum atomic E-state index is -3.79. The van der Waals surface area contributed by atoms with Crippen LogP contribution < -0.4 is 21.1 Å². The normalized spacial score (nSPS) is 19.2. The van der Waals surface area contributed by atoms with Gasteiger partial charge in [-0.15, -0.1) is 11.3 Å². The van der Waals surface area contributed by atoms with Crippen molar-refractivity contribution in [2.24, 2.45) is 23.9 Å². The van der Waals surface area contributed by atoms with Gasteiger partial charge in [-0.1, -0.05) is 41.9 Å². The number of piperidine rings is 3. The molecule has 21 heteroatoms. The number of aliphatic carboxylic acids is 1. The number of rotatable bonds is 14. The first kappa shape index (κ1) is 49.1. The van der Waals surface area contributed by atoms with Gasteiger partial charge in [0.1, 0.15) is 11.1 Å². The Kier molecular flexibility index (Phi) is 14.2. The van der Waals surface area contributed by atoms with E-state index in [0.717, 1.165) is 36.2 Å². The number of amides is 4. The summed E-state index contributed by atoms with van der Waals surface area (Å²) in [5.74, 6) is -3.61. The number of sulfonamides is 1. The van der Waals surface area contributed by atoms with Gasteiger partial charge in [0.05, 0.1) is 27.4 Å². The minimum absolute atomic E-state index is 0.0107. The molecule has 0 radical (unpaired) electrons. The fraction of sp³-hybridized carbons (Fsp3) is 0.396. The van der Waals surface area contributed by atoms with Crippen LogP contribution >= 0.6 is 22.9 Å². The summed E-state index contributed by atoms with van der Waals surface area (Å²) < 4.78 is 37.7. The molecule has 3 aromatic carbocycles. The summed E-state index contributed by atoms with van der Waals surface area (Å²) in [4.78, 5) is 80.5. The smallest absolute Gasteiger partial charge is 0.349 e. The Morgan fingerprint density at radius 3 is 2.42 bits per heavy atom. The molecule has 69 heavy (non-hydrogen) atoms. The zero-order valence-corrected chi connectivity index (χ0v) is 40.5. The number of ether oxygens (including phenoxy) is 1. The summed E-state index contributed by atoms with van der Waals surface area (Å²) >= 11 is 7.36. The number of carbonyl (C=O) groups is 5. The van der Waals surface area contributed by atoms with E-state index in [-0.39, 0.29) is 64.3 Å². The van der Waals surface area contributed by atoms with E-state index in [0.29, 0.717) is 70.3 Å². The molecule has 3 aliphatic rings. The van der Waals surface area contributed by atoms with Crippen LogP contribution in [0.3, 0.4) is 0 Å². The number of aromatic carboxylic acids is 1. The molecule has 2 aromatic heterocycles.